The summed E-state index contributed by atoms with van der Waals surface area (Å²) in [7, 11) is 0. The number of nitrogens with one attached hydrogen (secondary N) is 1. The first-order valence-corrected chi connectivity index (χ1v) is 6.68. The van der Waals surface area contributed by atoms with Crippen LogP contribution in [0, 0.1) is 0 Å². The van der Waals surface area contributed by atoms with Gasteiger partial charge in [-0.1, -0.05) is 6.07 Å². The van der Waals surface area contributed by atoms with Gasteiger partial charge in [-0.15, -0.1) is 0 Å². The Balaban J connectivity index is 2.01. The minimum Gasteiger partial charge on any atom is -0.494 e. The molecule has 0 aliphatic carbocycles. The number of ether oxygens (including phenoxy) is 1. The van der Waals surface area contributed by atoms with Crippen LogP contribution in [0.1, 0.15) is 29.8 Å². The topological polar surface area (TPSA) is 63.6 Å². The summed E-state index contributed by atoms with van der Waals surface area (Å²) >= 11 is 0. The molecule has 0 radical (unpaired) electrons. The molecular weight excluding hydrogens is 266 g/mol. The van der Waals surface area contributed by atoms with Crippen LogP contribution in [0.2, 0.25) is 0 Å². The van der Waals surface area contributed by atoms with Crippen molar-refractivity contribution in [2.45, 2.75) is 13.8 Å². The van der Waals surface area contributed by atoms with Crippen LogP contribution in [0.5, 0.6) is 5.75 Å². The zero-order valence-electron chi connectivity index (χ0n) is 12.0. The number of hydrazone groups is 1. The van der Waals surface area contributed by atoms with Gasteiger partial charge in [-0.05, 0) is 44.2 Å². The fraction of sp³-hybridized carbons (Fsp3) is 0.188. The molecule has 5 nitrogen and oxygen atoms in total. The summed E-state index contributed by atoms with van der Waals surface area (Å²) in [6.07, 6.45) is 3.39. The first-order valence-electron chi connectivity index (χ1n) is 6.68. The van der Waals surface area contributed by atoms with Crippen molar-refractivity contribution in [1.82, 2.24) is 10.4 Å². The number of amides is 1. The lowest BCUT2D eigenvalue weighted by molar-refractivity contribution is 0.0955. The maximum absolute atomic E-state index is 12.0. The number of nitrogens with zero attached hydrogens (tertiary/aromatic N) is 2. The Kier molecular flexibility index (Phi) is 5.04. The number of aromatic nitrogens is 1. The Morgan fingerprint density at radius 2 is 2.00 bits per heavy atom. The molecule has 5 heteroatoms. The second-order valence-corrected chi connectivity index (χ2v) is 4.34. The zero-order chi connectivity index (χ0) is 15.1. The summed E-state index contributed by atoms with van der Waals surface area (Å²) in [6, 6.07) is 10.6. The van der Waals surface area contributed by atoms with Gasteiger partial charge in [0, 0.05) is 23.5 Å². The predicted molar refractivity (Wildman–Crippen MR) is 81.5 cm³/mol. The van der Waals surface area contributed by atoms with E-state index in [0.29, 0.717) is 17.9 Å². The lowest BCUT2D eigenvalue weighted by Gasteiger charge is -2.05. The van der Waals surface area contributed by atoms with E-state index in [2.05, 4.69) is 15.5 Å². The molecule has 1 aromatic carbocycles. The van der Waals surface area contributed by atoms with Gasteiger partial charge in [0.2, 0.25) is 0 Å². The van der Waals surface area contributed by atoms with E-state index in [1.165, 1.54) is 0 Å². The number of hydrogen-bond donors (Lipinski definition) is 1. The summed E-state index contributed by atoms with van der Waals surface area (Å²) in [5.41, 5.74) is 4.62. The molecule has 108 valence electrons. The minimum absolute atomic E-state index is 0.263. The predicted octanol–water partition coefficient (Wildman–Crippen LogP) is 2.63. The Morgan fingerprint density at radius 3 is 2.62 bits per heavy atom. The van der Waals surface area contributed by atoms with Crippen LogP contribution in [-0.2, 0) is 0 Å². The molecule has 1 heterocycles. The molecule has 0 atom stereocenters. The van der Waals surface area contributed by atoms with Crippen molar-refractivity contribution < 1.29 is 9.53 Å². The molecule has 0 saturated carbocycles. The maximum Gasteiger partial charge on any atom is 0.271 e. The lowest BCUT2D eigenvalue weighted by Crippen LogP contribution is -2.19. The molecule has 0 aliphatic heterocycles. The van der Waals surface area contributed by atoms with Gasteiger partial charge in [0.15, 0.2) is 0 Å². The summed E-state index contributed by atoms with van der Waals surface area (Å²) in [6.45, 7) is 4.33. The second kappa shape index (κ2) is 7.19. The molecule has 0 aliphatic rings. The average Bonchev–Trinajstić information content (AvgIpc) is 2.54. The Bertz CT molecular complexity index is 622. The van der Waals surface area contributed by atoms with Gasteiger partial charge < -0.3 is 4.74 Å². The van der Waals surface area contributed by atoms with E-state index in [0.717, 1.165) is 11.3 Å². The van der Waals surface area contributed by atoms with Gasteiger partial charge in [-0.2, -0.15) is 5.10 Å². The zero-order valence-corrected chi connectivity index (χ0v) is 12.0. The molecule has 0 fully saturated rings. The van der Waals surface area contributed by atoms with Crippen molar-refractivity contribution >= 4 is 11.6 Å². The van der Waals surface area contributed by atoms with Gasteiger partial charge in [0.25, 0.3) is 5.91 Å². The molecule has 0 spiro atoms. The van der Waals surface area contributed by atoms with Crippen LogP contribution in [0.25, 0.3) is 0 Å². The lowest BCUT2D eigenvalue weighted by atomic mass is 10.2. The van der Waals surface area contributed by atoms with E-state index >= 15 is 0 Å². The number of rotatable bonds is 5. The first kappa shape index (κ1) is 14.7. The number of carbonyl (C=O) groups is 1. The van der Waals surface area contributed by atoms with Gasteiger partial charge in [0.1, 0.15) is 5.75 Å². The quantitative estimate of drug-likeness (QED) is 0.677. The minimum atomic E-state index is -0.263. The fourth-order valence-electron chi connectivity index (χ4n) is 1.71. The molecule has 2 aromatic rings. The standard InChI is InChI=1S/C16H17N3O2/c1-3-21-15-8-6-13(7-9-15)16(20)19-18-12(2)14-5-4-10-17-11-14/h4-11H,3H2,1-2H3,(H,19,20)/b18-12-. The van der Waals surface area contributed by atoms with Crippen LogP contribution in [0.15, 0.2) is 53.9 Å². The molecule has 2 rings (SSSR count). The van der Waals surface area contributed by atoms with Crippen molar-refractivity contribution in [3.8, 4) is 5.75 Å². The second-order valence-electron chi connectivity index (χ2n) is 4.34. The molecular formula is C16H17N3O2. The highest BCUT2D eigenvalue weighted by Crippen LogP contribution is 2.12. The van der Waals surface area contributed by atoms with Crippen molar-refractivity contribution in [2.75, 3.05) is 6.61 Å². The van der Waals surface area contributed by atoms with E-state index in [1.54, 1.807) is 36.7 Å². The third-order valence-electron chi connectivity index (χ3n) is 2.83. The van der Waals surface area contributed by atoms with Crippen molar-refractivity contribution in [2.24, 2.45) is 5.10 Å². The largest absolute Gasteiger partial charge is 0.494 e. The SMILES string of the molecule is CCOc1ccc(C(=O)N/N=C(/C)c2cccnc2)cc1. The Labute approximate surface area is 123 Å². The maximum atomic E-state index is 12.0. The van der Waals surface area contributed by atoms with Crippen LogP contribution in [-0.4, -0.2) is 23.2 Å². The average molecular weight is 283 g/mol. The summed E-state index contributed by atoms with van der Waals surface area (Å²) in [4.78, 5) is 16.0. The van der Waals surface area contributed by atoms with E-state index in [4.69, 9.17) is 4.74 Å². The van der Waals surface area contributed by atoms with Gasteiger partial charge >= 0.3 is 0 Å². The summed E-state index contributed by atoms with van der Waals surface area (Å²) < 4.78 is 5.33. The fourth-order valence-corrected chi connectivity index (χ4v) is 1.71. The molecule has 1 N–H and O–H groups in total. The molecule has 1 aromatic heterocycles. The summed E-state index contributed by atoms with van der Waals surface area (Å²) in [5, 5.41) is 4.08. The number of hydrogen-bond acceptors (Lipinski definition) is 4. The van der Waals surface area contributed by atoms with E-state index in [9.17, 15) is 4.79 Å². The first-order chi connectivity index (χ1) is 10.2. The van der Waals surface area contributed by atoms with Crippen molar-refractivity contribution in [1.29, 1.82) is 0 Å². The van der Waals surface area contributed by atoms with Crippen LogP contribution in [0.3, 0.4) is 0 Å². The van der Waals surface area contributed by atoms with E-state index in [1.807, 2.05) is 26.0 Å². The third-order valence-corrected chi connectivity index (χ3v) is 2.83. The normalized spacial score (nSPS) is 11.0. The van der Waals surface area contributed by atoms with E-state index < -0.39 is 0 Å². The highest BCUT2D eigenvalue weighted by molar-refractivity contribution is 6.00. The van der Waals surface area contributed by atoms with Gasteiger partial charge in [-0.25, -0.2) is 5.43 Å². The number of benzene rings is 1. The molecule has 0 unspecified atom stereocenters. The number of pyridine rings is 1. The van der Waals surface area contributed by atoms with Crippen LogP contribution < -0.4 is 10.2 Å². The Morgan fingerprint density at radius 1 is 1.24 bits per heavy atom. The number of carbonyl (C=O) groups excluding carboxylic acids is 1. The van der Waals surface area contributed by atoms with Crippen LogP contribution in [0.4, 0.5) is 0 Å². The van der Waals surface area contributed by atoms with Crippen LogP contribution >= 0.6 is 0 Å². The van der Waals surface area contributed by atoms with E-state index in [-0.39, 0.29) is 5.91 Å². The molecule has 0 saturated heterocycles. The summed E-state index contributed by atoms with van der Waals surface area (Å²) in [5.74, 6) is 0.477. The molecule has 1 amide bonds. The highest BCUT2D eigenvalue weighted by Gasteiger charge is 2.05. The highest BCUT2D eigenvalue weighted by atomic mass is 16.5. The third kappa shape index (κ3) is 4.14. The molecule has 0 bridgehead atoms. The molecule has 21 heavy (non-hydrogen) atoms. The van der Waals surface area contributed by atoms with Gasteiger partial charge in [0.05, 0.1) is 12.3 Å². The van der Waals surface area contributed by atoms with Crippen molar-refractivity contribution in [3.63, 3.8) is 0 Å². The van der Waals surface area contributed by atoms with Gasteiger partial charge in [-0.3, -0.25) is 9.78 Å². The Hall–Kier alpha value is -2.69. The van der Waals surface area contributed by atoms with Crippen molar-refractivity contribution in [3.05, 3.63) is 59.9 Å². The monoisotopic (exact) mass is 283 g/mol. The smallest absolute Gasteiger partial charge is 0.271 e.